The van der Waals surface area contributed by atoms with E-state index in [1.54, 1.807) is 0 Å². The third-order valence-corrected chi connectivity index (χ3v) is 6.73. The molecule has 5 unspecified atom stereocenters. The van der Waals surface area contributed by atoms with Gasteiger partial charge in [-0.05, 0) is 44.4 Å². The van der Waals surface area contributed by atoms with Crippen LogP contribution in [0.3, 0.4) is 0 Å². The zero-order valence-electron chi connectivity index (χ0n) is 12.7. The van der Waals surface area contributed by atoms with Gasteiger partial charge in [-0.15, -0.1) is 23.5 Å². The Morgan fingerprint density at radius 1 is 1.28 bits per heavy atom. The van der Waals surface area contributed by atoms with Crippen molar-refractivity contribution in [1.82, 2.24) is 5.32 Å². The van der Waals surface area contributed by atoms with Crippen LogP contribution in [0.2, 0.25) is 0 Å². The third kappa shape index (κ3) is 4.21. The van der Waals surface area contributed by atoms with Gasteiger partial charge < -0.3 is 5.32 Å². The molecule has 0 bridgehead atoms. The molecule has 1 saturated carbocycles. The number of thioether (sulfide) groups is 2. The molecule has 0 aromatic heterocycles. The van der Waals surface area contributed by atoms with Gasteiger partial charge >= 0.3 is 0 Å². The van der Waals surface area contributed by atoms with Gasteiger partial charge in [0, 0.05) is 16.5 Å². The zero-order valence-corrected chi connectivity index (χ0v) is 14.3. The Morgan fingerprint density at radius 3 is 2.56 bits per heavy atom. The molecule has 0 radical (unpaired) electrons. The topological polar surface area (TPSA) is 12.0 Å². The second-order valence-electron chi connectivity index (χ2n) is 5.09. The fraction of sp³-hybridized carbons (Fsp3) is 0.867. The van der Waals surface area contributed by atoms with Crippen molar-refractivity contribution in [1.29, 1.82) is 0 Å². The van der Waals surface area contributed by atoms with Crippen molar-refractivity contribution in [2.24, 2.45) is 5.92 Å². The van der Waals surface area contributed by atoms with E-state index in [2.05, 4.69) is 62.6 Å². The molecule has 1 nitrogen and oxygen atoms in total. The van der Waals surface area contributed by atoms with Crippen LogP contribution in [0.15, 0.2) is 11.0 Å². The van der Waals surface area contributed by atoms with E-state index in [1.807, 2.05) is 13.8 Å². The summed E-state index contributed by atoms with van der Waals surface area (Å²) in [6.07, 6.45) is 4.98. The van der Waals surface area contributed by atoms with Crippen LogP contribution < -0.4 is 5.32 Å². The van der Waals surface area contributed by atoms with Gasteiger partial charge in [0.2, 0.25) is 0 Å². The maximum Gasteiger partial charge on any atom is 0.0509 e. The lowest BCUT2D eigenvalue weighted by molar-refractivity contribution is 0.342. The van der Waals surface area contributed by atoms with Crippen LogP contribution in [0.25, 0.3) is 0 Å². The summed E-state index contributed by atoms with van der Waals surface area (Å²) in [6.45, 7) is 13.1. The lowest BCUT2D eigenvalue weighted by Gasteiger charge is -2.35. The highest BCUT2D eigenvalue weighted by molar-refractivity contribution is 8.03. The molecule has 2 aliphatic rings. The summed E-state index contributed by atoms with van der Waals surface area (Å²) < 4.78 is 0. The lowest BCUT2D eigenvalue weighted by Crippen LogP contribution is -2.42. The van der Waals surface area contributed by atoms with Gasteiger partial charge in [0.1, 0.15) is 0 Å². The first-order valence-corrected chi connectivity index (χ1v) is 9.13. The van der Waals surface area contributed by atoms with Crippen LogP contribution in [-0.4, -0.2) is 21.9 Å². The Labute approximate surface area is 122 Å². The highest BCUT2D eigenvalue weighted by Crippen LogP contribution is 2.44. The summed E-state index contributed by atoms with van der Waals surface area (Å²) in [7, 11) is 0. The molecule has 18 heavy (non-hydrogen) atoms. The van der Waals surface area contributed by atoms with Crippen molar-refractivity contribution in [3.05, 3.63) is 11.0 Å². The van der Waals surface area contributed by atoms with Crippen LogP contribution >= 0.6 is 23.5 Å². The summed E-state index contributed by atoms with van der Waals surface area (Å²) in [4.78, 5) is 1.48. The lowest BCUT2D eigenvalue weighted by atomic mass is 9.86. The smallest absolute Gasteiger partial charge is 0.0509 e. The normalized spacial score (nSPS) is 39.9. The van der Waals surface area contributed by atoms with E-state index in [0.717, 1.165) is 22.5 Å². The molecule has 1 aliphatic carbocycles. The van der Waals surface area contributed by atoms with E-state index in [4.69, 9.17) is 0 Å². The highest BCUT2D eigenvalue weighted by atomic mass is 32.2. The van der Waals surface area contributed by atoms with Crippen molar-refractivity contribution in [2.75, 3.05) is 0 Å². The van der Waals surface area contributed by atoms with Crippen molar-refractivity contribution in [3.63, 3.8) is 0 Å². The number of rotatable bonds is 2. The minimum atomic E-state index is 0.661. The minimum Gasteiger partial charge on any atom is -0.302 e. The maximum atomic E-state index is 3.73. The average Bonchev–Trinajstić information content (AvgIpc) is 2.71. The molecule has 5 atom stereocenters. The molecule has 2 rings (SSSR count). The zero-order chi connectivity index (χ0) is 13.7. The van der Waals surface area contributed by atoms with E-state index in [0.29, 0.717) is 5.37 Å². The Bertz CT molecular complexity index is 278. The van der Waals surface area contributed by atoms with Gasteiger partial charge in [0.25, 0.3) is 0 Å². The van der Waals surface area contributed by atoms with Crippen molar-refractivity contribution < 1.29 is 0 Å². The molecular weight excluding hydrogens is 258 g/mol. The summed E-state index contributed by atoms with van der Waals surface area (Å²) >= 11 is 4.24. The van der Waals surface area contributed by atoms with Crippen LogP contribution in [0.5, 0.6) is 0 Å². The van der Waals surface area contributed by atoms with Crippen molar-refractivity contribution in [2.45, 2.75) is 76.3 Å². The number of nitrogens with one attached hydrogen (secondary N) is 1. The molecule has 1 aliphatic heterocycles. The highest BCUT2D eigenvalue weighted by Gasteiger charge is 2.40. The molecule has 0 amide bonds. The van der Waals surface area contributed by atoms with Crippen molar-refractivity contribution in [3.8, 4) is 0 Å². The summed E-state index contributed by atoms with van der Waals surface area (Å²) in [5.74, 6) is 0.862. The average molecular weight is 288 g/mol. The van der Waals surface area contributed by atoms with Gasteiger partial charge in [-0.1, -0.05) is 26.8 Å². The van der Waals surface area contributed by atoms with E-state index >= 15 is 0 Å². The largest absolute Gasteiger partial charge is 0.302 e. The first-order chi connectivity index (χ1) is 8.60. The Kier molecular flexibility index (Phi) is 7.19. The van der Waals surface area contributed by atoms with E-state index in [-0.39, 0.29) is 0 Å². The molecule has 1 heterocycles. The van der Waals surface area contributed by atoms with Gasteiger partial charge in [-0.2, -0.15) is 0 Å². The SMILES string of the molecule is C/C=C(\C)SC1CC2NC(C)SC2CC1C.CC. The Hall–Kier alpha value is 0.400. The molecular formula is C15H29NS2. The third-order valence-electron chi connectivity index (χ3n) is 3.75. The fourth-order valence-corrected chi connectivity index (χ4v) is 5.55. The molecule has 2 fully saturated rings. The fourth-order valence-electron chi connectivity index (χ4n) is 2.72. The molecule has 0 spiro atoms. The molecule has 1 N–H and O–H groups in total. The number of hydrogen-bond donors (Lipinski definition) is 1. The Morgan fingerprint density at radius 2 is 1.94 bits per heavy atom. The van der Waals surface area contributed by atoms with Crippen LogP contribution in [0.4, 0.5) is 0 Å². The van der Waals surface area contributed by atoms with E-state index in [1.165, 1.54) is 17.7 Å². The number of hydrogen-bond acceptors (Lipinski definition) is 3. The van der Waals surface area contributed by atoms with Crippen LogP contribution in [0.1, 0.15) is 54.4 Å². The minimum absolute atomic E-state index is 0.661. The first-order valence-electron chi connectivity index (χ1n) is 7.31. The molecule has 0 aromatic carbocycles. The molecule has 3 heteroatoms. The Balaban J connectivity index is 0.000000771. The summed E-state index contributed by atoms with van der Waals surface area (Å²) in [5, 5.41) is 6.07. The van der Waals surface area contributed by atoms with Crippen LogP contribution in [-0.2, 0) is 0 Å². The van der Waals surface area contributed by atoms with E-state index < -0.39 is 0 Å². The summed E-state index contributed by atoms with van der Waals surface area (Å²) in [6, 6.07) is 0.762. The van der Waals surface area contributed by atoms with Crippen molar-refractivity contribution >= 4 is 23.5 Å². The second-order valence-corrected chi connectivity index (χ2v) is 8.16. The number of fused-ring (bicyclic) bond motifs is 1. The van der Waals surface area contributed by atoms with Gasteiger partial charge in [0.15, 0.2) is 0 Å². The predicted octanol–water partition coefficient (Wildman–Crippen LogP) is 4.89. The standard InChI is InChI=1S/C13H23NS2.C2H6/c1-5-9(3)15-12-7-11-13(6-8(12)2)16-10(4)14-11;1-2/h5,8,10-14H,6-7H2,1-4H3;1-2H3/b9-5+;. The number of allylic oxidation sites excluding steroid dienone is 2. The first kappa shape index (κ1) is 16.5. The quantitative estimate of drug-likeness (QED) is 0.777. The van der Waals surface area contributed by atoms with Gasteiger partial charge in [-0.25, -0.2) is 0 Å². The maximum absolute atomic E-state index is 3.73. The molecule has 0 aromatic rings. The molecule has 106 valence electrons. The van der Waals surface area contributed by atoms with Gasteiger partial charge in [-0.3, -0.25) is 0 Å². The monoisotopic (exact) mass is 287 g/mol. The molecule has 1 saturated heterocycles. The van der Waals surface area contributed by atoms with Gasteiger partial charge in [0.05, 0.1) is 5.37 Å². The van der Waals surface area contributed by atoms with E-state index in [9.17, 15) is 0 Å². The predicted molar refractivity (Wildman–Crippen MR) is 88.3 cm³/mol. The summed E-state index contributed by atoms with van der Waals surface area (Å²) in [5.41, 5.74) is 0. The van der Waals surface area contributed by atoms with Crippen LogP contribution in [0, 0.1) is 5.92 Å². The second kappa shape index (κ2) is 7.86.